The van der Waals surface area contributed by atoms with Crippen LogP contribution in [0, 0.1) is 17.3 Å². The zero-order chi connectivity index (χ0) is 47.0. The Labute approximate surface area is 381 Å². The number of likely N-dealkylation sites (N-methyl/N-ethyl adjacent to an activating group) is 1. The normalized spacial score (nSPS) is 21.2. The molecule has 4 atom stereocenters. The maximum absolute atomic E-state index is 14.7. The zero-order valence-electron chi connectivity index (χ0n) is 38.7. The molecule has 3 amide bonds. The van der Waals surface area contributed by atoms with E-state index in [2.05, 4.69) is 53.2 Å². The van der Waals surface area contributed by atoms with Gasteiger partial charge in [0.2, 0.25) is 21.8 Å². The summed E-state index contributed by atoms with van der Waals surface area (Å²) < 4.78 is 39.7. The molecule has 17 heteroatoms. The van der Waals surface area contributed by atoms with Crippen molar-refractivity contribution in [3.8, 4) is 28.1 Å². The number of carbonyl (C=O) groups is 4. The first-order valence-electron chi connectivity index (χ1n) is 22.5. The maximum atomic E-state index is 14.7. The molecule has 350 valence electrons. The molecule has 0 saturated carbocycles. The topological polar surface area (TPSA) is 193 Å². The van der Waals surface area contributed by atoms with Gasteiger partial charge in [-0.2, -0.15) is 0 Å². The number of phenolic OH excluding ortho intramolecular Hbond substituents is 1. The lowest BCUT2D eigenvalue weighted by Gasteiger charge is -2.37. The van der Waals surface area contributed by atoms with Crippen LogP contribution < -0.4 is 10.7 Å². The number of aromatic hydroxyl groups is 1. The fourth-order valence-corrected chi connectivity index (χ4v) is 10.7. The van der Waals surface area contributed by atoms with E-state index < -0.39 is 57.3 Å². The standard InChI is InChI=1S/C48H63N7O9S/c1-9-54-41-13-12-31-23-36(41)37(43(54)38-25-49-16-14-33(38)27-63-7)24-48(4,5)28-64-47(60)39-11-10-17-55(51-39)46(59)40(21-30-19-34(31)22-35(56)20-30)50-44(57)42(29(2)3)52(6)45(58)32-15-18-53(26-32)65(8,61)62/h12-14,16,19-20,22-23,25,29,32,39-40,42,51,56H,9-11,15,17-18,21,24,26-28H2,1-8H3,(H,50,57)/t32-,39-,40-,42?/m0/s1. The summed E-state index contributed by atoms with van der Waals surface area (Å²) in [5.41, 5.74) is 9.61. The number of methoxy groups -OCH3 is 1. The number of aryl methyl sites for hydroxylation is 1. The molecule has 4 aromatic rings. The zero-order valence-corrected chi connectivity index (χ0v) is 39.5. The average molecular weight is 914 g/mol. The number of nitrogens with zero attached hydrogens (tertiary/aromatic N) is 5. The molecule has 7 rings (SSSR count). The Morgan fingerprint density at radius 3 is 2.55 bits per heavy atom. The van der Waals surface area contributed by atoms with E-state index in [1.54, 1.807) is 39.3 Å². The number of carbonyl (C=O) groups excluding carboxylic acids is 4. The quantitative estimate of drug-likeness (QED) is 0.188. The number of ether oxygens (including phenoxy) is 2. The monoisotopic (exact) mass is 913 g/mol. The van der Waals surface area contributed by atoms with Crippen LogP contribution in [0.4, 0.5) is 0 Å². The van der Waals surface area contributed by atoms with E-state index in [9.17, 15) is 32.7 Å². The van der Waals surface area contributed by atoms with Gasteiger partial charge in [-0.15, -0.1) is 0 Å². The molecule has 16 nitrogen and oxygen atoms in total. The minimum Gasteiger partial charge on any atom is -0.508 e. The Morgan fingerprint density at radius 1 is 1.09 bits per heavy atom. The molecule has 2 aromatic carbocycles. The number of pyridine rings is 1. The lowest BCUT2D eigenvalue weighted by molar-refractivity contribution is -0.155. The highest BCUT2D eigenvalue weighted by Gasteiger charge is 2.41. The van der Waals surface area contributed by atoms with E-state index in [0.29, 0.717) is 50.0 Å². The second kappa shape index (κ2) is 19.2. The van der Waals surface area contributed by atoms with Crippen molar-refractivity contribution in [2.45, 2.75) is 98.0 Å². The van der Waals surface area contributed by atoms with Crippen LogP contribution in [0.1, 0.15) is 70.6 Å². The first kappa shape index (κ1) is 47.6. The molecule has 3 aliphatic rings. The third-order valence-corrected chi connectivity index (χ3v) is 14.2. The molecule has 2 aromatic heterocycles. The van der Waals surface area contributed by atoms with Crippen LogP contribution in [-0.2, 0) is 64.7 Å². The van der Waals surface area contributed by atoms with Gasteiger partial charge >= 0.3 is 5.97 Å². The fraction of sp³-hybridized carbons (Fsp3) is 0.521. The Bertz CT molecular complexity index is 2570. The molecular formula is C48H63N7O9S. The van der Waals surface area contributed by atoms with Crippen LogP contribution in [0.5, 0.6) is 5.75 Å². The van der Waals surface area contributed by atoms with Gasteiger partial charge in [0.1, 0.15) is 23.9 Å². The van der Waals surface area contributed by atoms with E-state index in [1.807, 2.05) is 24.4 Å². The van der Waals surface area contributed by atoms with E-state index in [4.69, 9.17) is 9.47 Å². The number of hydrogen-bond donors (Lipinski definition) is 3. The summed E-state index contributed by atoms with van der Waals surface area (Å²) in [6, 6.07) is 10.3. The van der Waals surface area contributed by atoms with Gasteiger partial charge in [-0.3, -0.25) is 29.2 Å². The van der Waals surface area contributed by atoms with Gasteiger partial charge in [0.25, 0.3) is 5.91 Å². The molecule has 0 aliphatic carbocycles. The van der Waals surface area contributed by atoms with Gasteiger partial charge in [0.15, 0.2) is 0 Å². The largest absolute Gasteiger partial charge is 0.508 e. The number of amides is 3. The molecule has 65 heavy (non-hydrogen) atoms. The van der Waals surface area contributed by atoms with Crippen LogP contribution in [0.2, 0.25) is 0 Å². The van der Waals surface area contributed by atoms with Crippen molar-refractivity contribution in [1.82, 2.24) is 34.5 Å². The Kier molecular flexibility index (Phi) is 14.1. The Balaban J connectivity index is 1.30. The third kappa shape index (κ3) is 10.2. The lowest BCUT2D eigenvalue weighted by Crippen LogP contribution is -2.62. The molecule has 2 fully saturated rings. The molecule has 1 unspecified atom stereocenters. The summed E-state index contributed by atoms with van der Waals surface area (Å²) in [5.74, 6) is -2.97. The summed E-state index contributed by atoms with van der Waals surface area (Å²) in [4.78, 5) is 62.8. The number of nitrogens with one attached hydrogen (secondary N) is 2. The van der Waals surface area contributed by atoms with Gasteiger partial charge in [0.05, 0.1) is 31.1 Å². The number of sulfonamides is 1. The molecule has 5 heterocycles. The Hall–Kier alpha value is -5.36. The number of aromatic nitrogens is 2. The highest BCUT2D eigenvalue weighted by atomic mass is 32.2. The van der Waals surface area contributed by atoms with Crippen molar-refractivity contribution >= 4 is 44.6 Å². The summed E-state index contributed by atoms with van der Waals surface area (Å²) in [6.07, 6.45) is 6.48. The van der Waals surface area contributed by atoms with Crippen molar-refractivity contribution < 1.29 is 42.2 Å². The highest BCUT2D eigenvalue weighted by molar-refractivity contribution is 7.88. The summed E-state index contributed by atoms with van der Waals surface area (Å²) >= 11 is 0. The van der Waals surface area contributed by atoms with Crippen molar-refractivity contribution in [3.05, 3.63) is 71.5 Å². The smallest absolute Gasteiger partial charge is 0.324 e. The number of cyclic esters (lactones) is 1. The predicted octanol–water partition coefficient (Wildman–Crippen LogP) is 4.66. The van der Waals surface area contributed by atoms with Crippen molar-refractivity contribution in [1.29, 1.82) is 0 Å². The average Bonchev–Trinajstić information content (AvgIpc) is 3.88. The SMILES string of the molecule is CCn1c(-c2cnccc2COC)c2c3cc(ccc31)-c1cc(O)cc(c1)C[C@H](NC(=O)C(C(C)C)N(C)C(=O)[C@H]1CCN(S(C)(=O)=O)C1)C(=O)N1CCC[C@H](N1)C(=O)OCC(C)(C)C2. The van der Waals surface area contributed by atoms with Crippen molar-refractivity contribution in [2.75, 3.05) is 46.7 Å². The molecule has 2 saturated heterocycles. The number of fused-ring (bicyclic) bond motifs is 6. The minimum absolute atomic E-state index is 0.0246. The van der Waals surface area contributed by atoms with Crippen LogP contribution in [0.15, 0.2) is 54.9 Å². The predicted molar refractivity (Wildman–Crippen MR) is 247 cm³/mol. The second-order valence-corrected chi connectivity index (χ2v) is 20.9. The first-order chi connectivity index (χ1) is 30.8. The fourth-order valence-electron chi connectivity index (χ4n) is 9.77. The minimum atomic E-state index is -3.50. The number of phenols is 1. The molecule has 3 N–H and O–H groups in total. The molecule has 3 aliphatic heterocycles. The van der Waals surface area contributed by atoms with Crippen molar-refractivity contribution in [3.63, 3.8) is 0 Å². The molecular weight excluding hydrogens is 851 g/mol. The number of hydrazine groups is 1. The number of hydrogen-bond acceptors (Lipinski definition) is 11. The molecule has 0 radical (unpaired) electrons. The number of benzene rings is 2. The maximum Gasteiger partial charge on any atom is 0.324 e. The van der Waals surface area contributed by atoms with E-state index in [-0.39, 0.29) is 50.2 Å². The van der Waals surface area contributed by atoms with Gasteiger partial charge in [-0.05, 0) is 96.7 Å². The summed E-state index contributed by atoms with van der Waals surface area (Å²) in [5, 5.41) is 16.6. The van der Waals surface area contributed by atoms with Gasteiger partial charge < -0.3 is 29.4 Å². The van der Waals surface area contributed by atoms with E-state index in [0.717, 1.165) is 45.1 Å². The molecule has 0 spiro atoms. The third-order valence-electron chi connectivity index (χ3n) is 12.9. The van der Waals surface area contributed by atoms with Crippen molar-refractivity contribution in [2.24, 2.45) is 17.3 Å². The van der Waals surface area contributed by atoms with E-state index >= 15 is 0 Å². The van der Waals surface area contributed by atoms with Gasteiger partial charge in [0, 0.05) is 81.0 Å². The van der Waals surface area contributed by atoms with Crippen LogP contribution in [-0.4, -0.2) is 126 Å². The van der Waals surface area contributed by atoms with Gasteiger partial charge in [-0.25, -0.2) is 18.1 Å². The summed E-state index contributed by atoms with van der Waals surface area (Å²) in [7, 11) is -0.304. The number of rotatable bonds is 10. The first-order valence-corrected chi connectivity index (χ1v) is 24.3. The van der Waals surface area contributed by atoms with Crippen LogP contribution >= 0.6 is 0 Å². The Morgan fingerprint density at radius 2 is 1.86 bits per heavy atom. The second-order valence-electron chi connectivity index (χ2n) is 18.9. The molecule has 6 bridgehead atoms. The lowest BCUT2D eigenvalue weighted by atomic mass is 9.84. The van der Waals surface area contributed by atoms with Crippen LogP contribution in [0.25, 0.3) is 33.3 Å². The highest BCUT2D eigenvalue weighted by Crippen LogP contribution is 2.41. The van der Waals surface area contributed by atoms with E-state index in [1.165, 1.54) is 21.3 Å². The van der Waals surface area contributed by atoms with Gasteiger partial charge in [-0.1, -0.05) is 39.8 Å². The summed E-state index contributed by atoms with van der Waals surface area (Å²) in [6.45, 7) is 11.5. The van der Waals surface area contributed by atoms with Crippen LogP contribution in [0.3, 0.4) is 0 Å². The number of esters is 1.